The molecule has 1 aromatic heterocycles. The molecule has 1 amide bonds. The molecule has 0 bridgehead atoms. The molecular formula is C22H31N3O2. The molecule has 1 N–H and O–H groups in total. The van der Waals surface area contributed by atoms with Gasteiger partial charge in [-0.15, -0.1) is 0 Å². The average Bonchev–Trinajstić information content (AvgIpc) is 2.63. The third kappa shape index (κ3) is 4.76. The Kier molecular flexibility index (Phi) is 6.64. The second kappa shape index (κ2) is 9.16. The Morgan fingerprint density at radius 1 is 1.22 bits per heavy atom. The Bertz CT molecular complexity index is 856. The predicted molar refractivity (Wildman–Crippen MR) is 109 cm³/mol. The minimum Gasteiger partial charge on any atom is -0.350 e. The van der Waals surface area contributed by atoms with Crippen molar-refractivity contribution in [3.8, 4) is 0 Å². The lowest BCUT2D eigenvalue weighted by Gasteiger charge is -2.17. The van der Waals surface area contributed by atoms with Gasteiger partial charge >= 0.3 is 0 Å². The van der Waals surface area contributed by atoms with Crippen molar-refractivity contribution < 1.29 is 4.79 Å². The Morgan fingerprint density at radius 3 is 2.85 bits per heavy atom. The molecule has 0 fully saturated rings. The first-order chi connectivity index (χ1) is 13.1. The number of fused-ring (bicyclic) bond motifs is 2. The molecule has 2 heterocycles. The fraction of sp³-hybridized carbons (Fsp3) is 0.591. The summed E-state index contributed by atoms with van der Waals surface area (Å²) in [4.78, 5) is 30.2. The van der Waals surface area contributed by atoms with Crippen molar-refractivity contribution in [2.75, 3.05) is 0 Å². The highest BCUT2D eigenvalue weighted by Crippen LogP contribution is 2.16. The van der Waals surface area contributed by atoms with Crippen LogP contribution >= 0.6 is 0 Å². The summed E-state index contributed by atoms with van der Waals surface area (Å²) in [5, 5.41) is 3.67. The molecule has 5 nitrogen and oxygen atoms in total. The summed E-state index contributed by atoms with van der Waals surface area (Å²) < 4.78 is 1.83. The number of unbranched alkanes of at least 4 members (excludes halogenated alkanes) is 2. The van der Waals surface area contributed by atoms with Crippen LogP contribution in [0.15, 0.2) is 23.0 Å². The predicted octanol–water partition coefficient (Wildman–Crippen LogP) is 4.21. The largest absolute Gasteiger partial charge is 0.350 e. The first-order valence-corrected chi connectivity index (χ1v) is 10.4. The van der Waals surface area contributed by atoms with Crippen LogP contribution in [0.4, 0.5) is 0 Å². The molecule has 1 aliphatic heterocycles. The van der Waals surface area contributed by atoms with E-state index in [1.54, 1.807) is 18.2 Å². The van der Waals surface area contributed by atoms with Crippen molar-refractivity contribution in [3.63, 3.8) is 0 Å². The van der Waals surface area contributed by atoms with Gasteiger partial charge in [-0.1, -0.05) is 39.0 Å². The molecule has 1 aromatic carbocycles. The van der Waals surface area contributed by atoms with Crippen LogP contribution in [0.5, 0.6) is 0 Å². The molecule has 5 heteroatoms. The highest BCUT2D eigenvalue weighted by molar-refractivity contribution is 5.97. The molecule has 1 aliphatic rings. The number of rotatable bonds is 6. The molecule has 1 unspecified atom stereocenters. The van der Waals surface area contributed by atoms with Crippen LogP contribution in [0.3, 0.4) is 0 Å². The first kappa shape index (κ1) is 19.6. The van der Waals surface area contributed by atoms with Crippen LogP contribution in [-0.4, -0.2) is 21.5 Å². The number of nitrogens with one attached hydrogen (secondary N) is 1. The van der Waals surface area contributed by atoms with Crippen molar-refractivity contribution in [3.05, 3.63) is 39.9 Å². The number of aryl methyl sites for hydroxylation is 1. The number of aromatic nitrogens is 2. The van der Waals surface area contributed by atoms with E-state index in [0.717, 1.165) is 44.5 Å². The summed E-state index contributed by atoms with van der Waals surface area (Å²) >= 11 is 0. The summed E-state index contributed by atoms with van der Waals surface area (Å²) in [6.07, 6.45) is 9.75. The monoisotopic (exact) mass is 369 g/mol. The minimum absolute atomic E-state index is 0.0248. The molecule has 0 aliphatic carbocycles. The number of nitrogens with zero attached hydrogens (tertiary/aromatic N) is 2. The SMILES string of the molecule is CCCCCC(C)NC(=O)c1ccc2c(=O)n3c(nc2c1)CCCCCC3. The van der Waals surface area contributed by atoms with Gasteiger partial charge in [0, 0.05) is 24.6 Å². The number of carbonyl (C=O) groups excluding carboxylic acids is 1. The van der Waals surface area contributed by atoms with Crippen LogP contribution in [0.1, 0.15) is 81.4 Å². The molecule has 0 saturated heterocycles. The second-order valence-corrected chi connectivity index (χ2v) is 7.75. The van der Waals surface area contributed by atoms with E-state index in [9.17, 15) is 9.59 Å². The molecule has 146 valence electrons. The number of carbonyl (C=O) groups is 1. The number of hydrogen-bond donors (Lipinski definition) is 1. The zero-order valence-electron chi connectivity index (χ0n) is 16.6. The Hall–Kier alpha value is -2.17. The minimum atomic E-state index is -0.0884. The van der Waals surface area contributed by atoms with Gasteiger partial charge in [0.1, 0.15) is 5.82 Å². The van der Waals surface area contributed by atoms with Gasteiger partial charge in [-0.3, -0.25) is 14.2 Å². The van der Waals surface area contributed by atoms with Crippen molar-refractivity contribution in [2.24, 2.45) is 0 Å². The lowest BCUT2D eigenvalue weighted by molar-refractivity contribution is 0.0938. The number of hydrogen-bond acceptors (Lipinski definition) is 3. The molecule has 3 rings (SSSR count). The Morgan fingerprint density at radius 2 is 2.04 bits per heavy atom. The van der Waals surface area contributed by atoms with Crippen LogP contribution in [0.25, 0.3) is 10.9 Å². The summed E-state index contributed by atoms with van der Waals surface area (Å²) in [5.74, 6) is 0.771. The zero-order chi connectivity index (χ0) is 19.2. The fourth-order valence-electron chi connectivity index (χ4n) is 3.82. The Balaban J connectivity index is 1.83. The Labute approximate surface area is 161 Å². The smallest absolute Gasteiger partial charge is 0.261 e. The van der Waals surface area contributed by atoms with E-state index >= 15 is 0 Å². The van der Waals surface area contributed by atoms with Gasteiger partial charge in [-0.05, 0) is 44.4 Å². The van der Waals surface area contributed by atoms with Crippen LogP contribution in [0.2, 0.25) is 0 Å². The lowest BCUT2D eigenvalue weighted by Crippen LogP contribution is -2.32. The van der Waals surface area contributed by atoms with Gasteiger partial charge in [-0.2, -0.15) is 0 Å². The highest BCUT2D eigenvalue weighted by atomic mass is 16.1. The summed E-state index contributed by atoms with van der Waals surface area (Å²) in [7, 11) is 0. The molecule has 0 saturated carbocycles. The maximum atomic E-state index is 12.9. The maximum absolute atomic E-state index is 12.9. The fourth-order valence-corrected chi connectivity index (χ4v) is 3.82. The van der Waals surface area contributed by atoms with E-state index in [1.807, 2.05) is 11.5 Å². The maximum Gasteiger partial charge on any atom is 0.261 e. The van der Waals surface area contributed by atoms with Gasteiger partial charge in [-0.25, -0.2) is 4.98 Å². The third-order valence-corrected chi connectivity index (χ3v) is 5.45. The van der Waals surface area contributed by atoms with Crippen LogP contribution in [-0.2, 0) is 13.0 Å². The average molecular weight is 370 g/mol. The van der Waals surface area contributed by atoms with E-state index in [0.29, 0.717) is 16.5 Å². The zero-order valence-corrected chi connectivity index (χ0v) is 16.6. The van der Waals surface area contributed by atoms with Crippen LogP contribution < -0.4 is 10.9 Å². The summed E-state index contributed by atoms with van der Waals surface area (Å²) in [6.45, 7) is 4.97. The van der Waals surface area contributed by atoms with Crippen molar-refractivity contribution in [1.29, 1.82) is 0 Å². The molecule has 0 spiro atoms. The van der Waals surface area contributed by atoms with Crippen molar-refractivity contribution in [1.82, 2.24) is 14.9 Å². The number of amides is 1. The molecular weight excluding hydrogens is 338 g/mol. The summed E-state index contributed by atoms with van der Waals surface area (Å²) in [5.41, 5.74) is 1.24. The van der Waals surface area contributed by atoms with Gasteiger partial charge in [0.2, 0.25) is 0 Å². The van der Waals surface area contributed by atoms with E-state index in [-0.39, 0.29) is 17.5 Å². The third-order valence-electron chi connectivity index (χ3n) is 5.45. The summed E-state index contributed by atoms with van der Waals surface area (Å²) in [6, 6.07) is 5.42. The van der Waals surface area contributed by atoms with E-state index in [1.165, 1.54) is 25.7 Å². The first-order valence-electron chi connectivity index (χ1n) is 10.4. The van der Waals surface area contributed by atoms with Gasteiger partial charge in [0.15, 0.2) is 0 Å². The molecule has 0 radical (unpaired) electrons. The molecule has 2 aromatic rings. The second-order valence-electron chi connectivity index (χ2n) is 7.75. The van der Waals surface area contributed by atoms with E-state index < -0.39 is 0 Å². The standard InChI is InChI=1S/C22H31N3O2/c1-3-4-7-10-16(2)23-21(26)17-12-13-18-19(15-17)24-20-11-8-5-6-9-14-25(20)22(18)27/h12-13,15-16H,3-11,14H2,1-2H3,(H,23,26). The lowest BCUT2D eigenvalue weighted by atomic mass is 10.1. The highest BCUT2D eigenvalue weighted by Gasteiger charge is 2.15. The molecule has 1 atom stereocenters. The number of benzene rings is 1. The van der Waals surface area contributed by atoms with Gasteiger partial charge in [0.05, 0.1) is 10.9 Å². The van der Waals surface area contributed by atoms with Crippen molar-refractivity contribution in [2.45, 2.75) is 84.2 Å². The topological polar surface area (TPSA) is 64.0 Å². The quantitative estimate of drug-likeness (QED) is 0.776. The van der Waals surface area contributed by atoms with Gasteiger partial charge < -0.3 is 5.32 Å². The normalized spacial score (nSPS) is 15.6. The van der Waals surface area contributed by atoms with Gasteiger partial charge in [0.25, 0.3) is 11.5 Å². The van der Waals surface area contributed by atoms with E-state index in [2.05, 4.69) is 12.2 Å². The molecule has 27 heavy (non-hydrogen) atoms. The van der Waals surface area contributed by atoms with E-state index in [4.69, 9.17) is 4.98 Å². The van der Waals surface area contributed by atoms with Crippen molar-refractivity contribution >= 4 is 16.8 Å². The van der Waals surface area contributed by atoms with Crippen LogP contribution in [0, 0.1) is 0 Å².